The van der Waals surface area contributed by atoms with Crippen molar-refractivity contribution in [3.63, 3.8) is 0 Å². The average Bonchev–Trinajstić information content (AvgIpc) is 2.48. The first-order valence-electron chi connectivity index (χ1n) is 7.38. The van der Waals surface area contributed by atoms with Crippen LogP contribution in [0.25, 0.3) is 0 Å². The van der Waals surface area contributed by atoms with Gasteiger partial charge in [0.25, 0.3) is 0 Å². The van der Waals surface area contributed by atoms with Crippen molar-refractivity contribution in [1.82, 2.24) is 9.80 Å². The molecule has 1 aromatic rings. The molecule has 0 radical (unpaired) electrons. The Morgan fingerprint density at radius 1 is 1.05 bits per heavy atom. The van der Waals surface area contributed by atoms with Crippen molar-refractivity contribution < 1.29 is 5.11 Å². The van der Waals surface area contributed by atoms with E-state index < -0.39 is 0 Å². The molecule has 19 heavy (non-hydrogen) atoms. The molecule has 0 amide bonds. The molecular weight excluding hydrogens is 236 g/mol. The van der Waals surface area contributed by atoms with Gasteiger partial charge in [-0.25, -0.2) is 0 Å². The lowest BCUT2D eigenvalue weighted by Gasteiger charge is -2.37. The molecule has 3 heteroatoms. The molecule has 2 rings (SSSR count). The Kier molecular flexibility index (Phi) is 5.37. The average molecular weight is 262 g/mol. The number of rotatable bonds is 5. The van der Waals surface area contributed by atoms with Crippen LogP contribution < -0.4 is 0 Å². The Balaban J connectivity index is 1.81. The van der Waals surface area contributed by atoms with Crippen LogP contribution in [0.1, 0.15) is 31.4 Å². The summed E-state index contributed by atoms with van der Waals surface area (Å²) in [7, 11) is 0. The van der Waals surface area contributed by atoms with E-state index in [1.807, 2.05) is 12.1 Å². The zero-order chi connectivity index (χ0) is 13.7. The second-order valence-corrected chi connectivity index (χ2v) is 5.54. The van der Waals surface area contributed by atoms with E-state index in [9.17, 15) is 0 Å². The van der Waals surface area contributed by atoms with Crippen LogP contribution >= 0.6 is 0 Å². The predicted molar refractivity (Wildman–Crippen MR) is 79.0 cm³/mol. The largest absolute Gasteiger partial charge is 0.392 e. The summed E-state index contributed by atoms with van der Waals surface area (Å²) in [5, 5.41) is 9.04. The zero-order valence-electron chi connectivity index (χ0n) is 12.2. The number of aliphatic hydroxyl groups is 1. The maximum absolute atomic E-state index is 9.04. The Morgan fingerprint density at radius 3 is 2.16 bits per heavy atom. The van der Waals surface area contributed by atoms with Crippen LogP contribution in [0, 0.1) is 0 Å². The topological polar surface area (TPSA) is 26.7 Å². The minimum atomic E-state index is 0.133. The molecule has 1 saturated heterocycles. The van der Waals surface area contributed by atoms with Gasteiger partial charge in [0.15, 0.2) is 0 Å². The minimum Gasteiger partial charge on any atom is -0.392 e. The summed E-state index contributed by atoms with van der Waals surface area (Å²) < 4.78 is 0. The van der Waals surface area contributed by atoms with Crippen LogP contribution in [0.15, 0.2) is 24.3 Å². The molecule has 1 aliphatic rings. The molecule has 1 aromatic carbocycles. The van der Waals surface area contributed by atoms with Gasteiger partial charge in [-0.2, -0.15) is 0 Å². The number of nitrogens with zero attached hydrogens (tertiary/aromatic N) is 2. The lowest BCUT2D eigenvalue weighted by molar-refractivity contribution is 0.0963. The van der Waals surface area contributed by atoms with Gasteiger partial charge in [-0.1, -0.05) is 31.2 Å². The van der Waals surface area contributed by atoms with Crippen molar-refractivity contribution in [1.29, 1.82) is 0 Å². The van der Waals surface area contributed by atoms with E-state index in [0.29, 0.717) is 6.04 Å². The molecule has 3 nitrogen and oxygen atoms in total. The third kappa shape index (κ3) is 4.03. The molecular formula is C16H26N2O. The minimum absolute atomic E-state index is 0.133. The standard InChI is InChI=1S/C16H26N2O/c1-3-14(2)18-10-8-17(9-11-18)12-15-4-6-16(13-19)7-5-15/h4-7,14,19H,3,8-13H2,1-2H3. The third-order valence-electron chi connectivity index (χ3n) is 4.23. The van der Waals surface area contributed by atoms with E-state index in [1.54, 1.807) is 0 Å². The number of hydrogen-bond donors (Lipinski definition) is 1. The highest BCUT2D eigenvalue weighted by molar-refractivity contribution is 5.21. The summed E-state index contributed by atoms with van der Waals surface area (Å²) >= 11 is 0. The van der Waals surface area contributed by atoms with E-state index in [1.165, 1.54) is 25.1 Å². The fourth-order valence-electron chi connectivity index (χ4n) is 2.63. The maximum Gasteiger partial charge on any atom is 0.0681 e. The van der Waals surface area contributed by atoms with Crippen LogP contribution in [0.3, 0.4) is 0 Å². The number of hydrogen-bond acceptors (Lipinski definition) is 3. The van der Waals surface area contributed by atoms with Crippen molar-refractivity contribution in [3.8, 4) is 0 Å². The number of piperazine rings is 1. The highest BCUT2D eigenvalue weighted by atomic mass is 16.3. The molecule has 1 unspecified atom stereocenters. The van der Waals surface area contributed by atoms with Crippen LogP contribution in [-0.2, 0) is 13.2 Å². The van der Waals surface area contributed by atoms with Gasteiger partial charge >= 0.3 is 0 Å². The Bertz CT molecular complexity index is 369. The second-order valence-electron chi connectivity index (χ2n) is 5.54. The van der Waals surface area contributed by atoms with Gasteiger partial charge < -0.3 is 5.11 Å². The second kappa shape index (κ2) is 7.04. The number of aliphatic hydroxyl groups excluding tert-OH is 1. The molecule has 0 saturated carbocycles. The fourth-order valence-corrected chi connectivity index (χ4v) is 2.63. The zero-order valence-corrected chi connectivity index (χ0v) is 12.2. The van der Waals surface area contributed by atoms with Crippen molar-refractivity contribution in [2.24, 2.45) is 0 Å². The van der Waals surface area contributed by atoms with Gasteiger partial charge in [0.1, 0.15) is 0 Å². The lowest BCUT2D eigenvalue weighted by Crippen LogP contribution is -2.48. The number of benzene rings is 1. The van der Waals surface area contributed by atoms with Gasteiger partial charge in [-0.3, -0.25) is 9.80 Å². The van der Waals surface area contributed by atoms with Gasteiger partial charge in [0.05, 0.1) is 6.61 Å². The van der Waals surface area contributed by atoms with Crippen LogP contribution in [-0.4, -0.2) is 47.1 Å². The molecule has 0 bridgehead atoms. The quantitative estimate of drug-likeness (QED) is 0.880. The summed E-state index contributed by atoms with van der Waals surface area (Å²) in [5.74, 6) is 0. The van der Waals surface area contributed by atoms with E-state index >= 15 is 0 Å². The maximum atomic E-state index is 9.04. The third-order valence-corrected chi connectivity index (χ3v) is 4.23. The molecule has 0 aromatic heterocycles. The van der Waals surface area contributed by atoms with Gasteiger partial charge in [0.2, 0.25) is 0 Å². The molecule has 106 valence electrons. The smallest absolute Gasteiger partial charge is 0.0681 e. The van der Waals surface area contributed by atoms with Crippen LogP contribution in [0.4, 0.5) is 0 Å². The first kappa shape index (κ1) is 14.5. The van der Waals surface area contributed by atoms with E-state index in [2.05, 4.69) is 35.8 Å². The molecule has 1 aliphatic heterocycles. The fraction of sp³-hybridized carbons (Fsp3) is 0.625. The molecule has 1 atom stereocenters. The highest BCUT2D eigenvalue weighted by Gasteiger charge is 2.19. The summed E-state index contributed by atoms with van der Waals surface area (Å²) in [4.78, 5) is 5.11. The van der Waals surface area contributed by atoms with Crippen molar-refractivity contribution in [2.75, 3.05) is 26.2 Å². The highest BCUT2D eigenvalue weighted by Crippen LogP contribution is 2.12. The SMILES string of the molecule is CCC(C)N1CCN(Cc2ccc(CO)cc2)CC1. The first-order chi connectivity index (χ1) is 9.22. The Morgan fingerprint density at radius 2 is 1.63 bits per heavy atom. The van der Waals surface area contributed by atoms with Crippen LogP contribution in [0.5, 0.6) is 0 Å². The van der Waals surface area contributed by atoms with Crippen molar-refractivity contribution >= 4 is 0 Å². The van der Waals surface area contributed by atoms with E-state index in [0.717, 1.165) is 25.2 Å². The van der Waals surface area contributed by atoms with Gasteiger partial charge in [-0.15, -0.1) is 0 Å². The summed E-state index contributed by atoms with van der Waals surface area (Å²) in [6.07, 6.45) is 1.24. The predicted octanol–water partition coefficient (Wildman–Crippen LogP) is 2.09. The molecule has 1 fully saturated rings. The lowest BCUT2D eigenvalue weighted by atomic mass is 10.1. The van der Waals surface area contributed by atoms with Crippen molar-refractivity contribution in [2.45, 2.75) is 39.5 Å². The van der Waals surface area contributed by atoms with Gasteiger partial charge in [-0.05, 0) is 24.5 Å². The van der Waals surface area contributed by atoms with E-state index in [-0.39, 0.29) is 6.61 Å². The summed E-state index contributed by atoms with van der Waals surface area (Å²) in [6.45, 7) is 10.4. The van der Waals surface area contributed by atoms with Crippen molar-refractivity contribution in [3.05, 3.63) is 35.4 Å². The summed E-state index contributed by atoms with van der Waals surface area (Å²) in [6, 6.07) is 9.01. The molecule has 0 aliphatic carbocycles. The monoisotopic (exact) mass is 262 g/mol. The molecule has 1 heterocycles. The molecule has 0 spiro atoms. The molecule has 1 N–H and O–H groups in total. The van der Waals surface area contributed by atoms with Crippen LogP contribution in [0.2, 0.25) is 0 Å². The Labute approximate surface area is 116 Å². The van der Waals surface area contributed by atoms with Gasteiger partial charge in [0, 0.05) is 38.8 Å². The summed E-state index contributed by atoms with van der Waals surface area (Å²) in [5.41, 5.74) is 2.33. The normalized spacial score (nSPS) is 19.5. The van der Waals surface area contributed by atoms with E-state index in [4.69, 9.17) is 5.11 Å². The first-order valence-corrected chi connectivity index (χ1v) is 7.38. The Hall–Kier alpha value is -0.900.